The predicted octanol–water partition coefficient (Wildman–Crippen LogP) is 35.8. The highest BCUT2D eigenvalue weighted by atomic mass is 14.4. The first-order valence-electron chi connectivity index (χ1n) is 46.0. The van der Waals surface area contributed by atoms with Crippen LogP contribution in [0.25, 0.3) is 0 Å². The summed E-state index contributed by atoms with van der Waals surface area (Å²) >= 11 is 0. The van der Waals surface area contributed by atoms with E-state index in [9.17, 15) is 0 Å². The highest BCUT2D eigenvalue weighted by Crippen LogP contribution is 2.49. The lowest BCUT2D eigenvalue weighted by atomic mass is 9.60. The molecule has 5 unspecified atom stereocenters. The van der Waals surface area contributed by atoms with Crippen LogP contribution in [0.4, 0.5) is 0 Å². The third-order valence-corrected chi connectivity index (χ3v) is 26.1. The van der Waals surface area contributed by atoms with E-state index in [1.165, 1.54) is 178 Å². The van der Waals surface area contributed by atoms with Gasteiger partial charge in [0.1, 0.15) is 0 Å². The zero-order valence-corrected chi connectivity index (χ0v) is 77.3. The fraction of sp³-hybridized carbons (Fsp3) is 0.478. The SMILES string of the molecule is CC(C)(CCCc1ccccc1)c1ccccc1.CC(C)C(c1ccccc1)C(C)c1ccccc1.CCC(C)(CC)C(C)(CC)CC.CCC(C)C(C)CC.CCC(c1ccccc1)(c1ccccc1)C(C)C.CCCCC.CCCCC(Cc1ccccc1)c1ccccc1.CCCCCC(c1ccccc1)c1ccccc1. The highest BCUT2D eigenvalue weighted by Gasteiger charge is 2.39. The van der Waals surface area contributed by atoms with Crippen LogP contribution in [0, 0.1) is 34.5 Å². The van der Waals surface area contributed by atoms with Crippen molar-refractivity contribution in [2.24, 2.45) is 34.5 Å². The van der Waals surface area contributed by atoms with Gasteiger partial charge in [-0.15, -0.1) is 0 Å². The molecule has 0 bridgehead atoms. The van der Waals surface area contributed by atoms with Crippen LogP contribution in [-0.4, -0.2) is 0 Å². The lowest BCUT2D eigenvalue weighted by Crippen LogP contribution is -2.35. The van der Waals surface area contributed by atoms with Crippen LogP contribution in [0.2, 0.25) is 0 Å². The Morgan fingerprint density at radius 3 is 0.922 bits per heavy atom. The molecule has 0 saturated heterocycles. The Morgan fingerprint density at radius 2 is 0.600 bits per heavy atom. The van der Waals surface area contributed by atoms with Gasteiger partial charge in [0, 0.05) is 11.3 Å². The van der Waals surface area contributed by atoms with Crippen LogP contribution < -0.4 is 0 Å². The van der Waals surface area contributed by atoms with E-state index in [-0.39, 0.29) is 10.8 Å². The minimum atomic E-state index is 0.128. The summed E-state index contributed by atoms with van der Waals surface area (Å²) < 4.78 is 0. The molecule has 10 aromatic carbocycles. The van der Waals surface area contributed by atoms with Crippen LogP contribution in [0.1, 0.15) is 354 Å². The zero-order valence-electron chi connectivity index (χ0n) is 77.3. The van der Waals surface area contributed by atoms with Gasteiger partial charge in [0.15, 0.2) is 0 Å². The van der Waals surface area contributed by atoms with E-state index in [4.69, 9.17) is 0 Å². The standard InChI is InChI=1S/5C18H22.C12H26.C8H18.C5H12/c1-14(2)18(17-12-8-5-9-13-17)15(3)16-10-6-4-7-11-16;1-18(2,17-13-7-4-8-14-17)15-9-12-16-10-5-3-6-11-16;1-4-18(15(2)3,16-11-7-5-8-12-16)17-13-9-6-10-14-17;1-2-3-12-18(17-13-8-5-9-14-17)15-16-10-6-4-7-11-16;1-2-3-6-15-18(16-11-7-4-8-12-16)17-13-9-5-10-14-17;1-7-11(5,8-2)12(6,9-3)10-4;1-5-7(3)8(4)6-2;1-3-5-4-2/h4-15,18H,1-3H3;3-8,10-11,13-14H,9,12,15H2,1-2H3;5-15H,4H2,1-3H3;4-11,13-14,18H,2-3,12,15H2,1H3;4-5,7-14,18H,2-3,6,15H2,1H3;7-10H2,1-6H3;7-8H,5-6H2,1-4H3;3-5H2,1-2H3. The molecular formula is C115H166. The van der Waals surface area contributed by atoms with E-state index in [1.807, 2.05) is 0 Å². The van der Waals surface area contributed by atoms with E-state index < -0.39 is 0 Å². The summed E-state index contributed by atoms with van der Waals surface area (Å²) in [7, 11) is 0. The van der Waals surface area contributed by atoms with Crippen molar-refractivity contribution in [1.82, 2.24) is 0 Å². The molecule has 0 nitrogen and oxygen atoms in total. The van der Waals surface area contributed by atoms with E-state index in [0.717, 1.165) is 24.7 Å². The van der Waals surface area contributed by atoms with Crippen LogP contribution >= 0.6 is 0 Å². The van der Waals surface area contributed by atoms with E-state index in [2.05, 4.69) is 456 Å². The lowest BCUT2D eigenvalue weighted by molar-refractivity contribution is 0.0500. The van der Waals surface area contributed by atoms with Crippen LogP contribution in [0.3, 0.4) is 0 Å². The highest BCUT2D eigenvalue weighted by molar-refractivity contribution is 5.40. The van der Waals surface area contributed by atoms with Crippen molar-refractivity contribution in [3.63, 3.8) is 0 Å². The first-order chi connectivity index (χ1) is 55.5. The largest absolute Gasteiger partial charge is 0.0654 e. The molecule has 5 atom stereocenters. The van der Waals surface area contributed by atoms with E-state index >= 15 is 0 Å². The second-order valence-corrected chi connectivity index (χ2v) is 34.7. The van der Waals surface area contributed by atoms with Crippen molar-refractivity contribution in [3.8, 4) is 0 Å². The molecule has 0 heteroatoms. The number of hydrogen-bond donors (Lipinski definition) is 0. The summed E-state index contributed by atoms with van der Waals surface area (Å²) in [5.41, 5.74) is 15.9. The second-order valence-electron chi connectivity index (χ2n) is 34.7. The molecular weight excluding hydrogens is 1380 g/mol. The van der Waals surface area contributed by atoms with E-state index in [1.54, 1.807) is 0 Å². The maximum absolute atomic E-state index is 2.44. The van der Waals surface area contributed by atoms with Gasteiger partial charge in [-0.3, -0.25) is 0 Å². The lowest BCUT2D eigenvalue weighted by Gasteiger charge is -2.45. The molecule has 0 aliphatic carbocycles. The zero-order chi connectivity index (χ0) is 84.6. The Balaban J connectivity index is 0.000000347. The normalized spacial score (nSPS) is 12.5. The molecule has 115 heavy (non-hydrogen) atoms. The number of hydrogen-bond acceptors (Lipinski definition) is 0. The Kier molecular flexibility index (Phi) is 52.0. The molecule has 0 aliphatic rings. The molecule has 0 radical (unpaired) electrons. The van der Waals surface area contributed by atoms with Crippen molar-refractivity contribution in [1.29, 1.82) is 0 Å². The van der Waals surface area contributed by atoms with Crippen molar-refractivity contribution in [2.75, 3.05) is 0 Å². The number of aryl methyl sites for hydroxylation is 1. The molecule has 0 heterocycles. The number of benzene rings is 10. The van der Waals surface area contributed by atoms with E-state index in [0.29, 0.717) is 46.3 Å². The maximum Gasteiger partial charge on any atom is 0.0223 e. The van der Waals surface area contributed by atoms with Crippen molar-refractivity contribution < 1.29 is 0 Å². The molecule has 626 valence electrons. The molecule has 0 amide bonds. The van der Waals surface area contributed by atoms with Crippen LogP contribution in [0.5, 0.6) is 0 Å². The molecule has 0 aliphatic heterocycles. The minimum Gasteiger partial charge on any atom is -0.0654 e. The average Bonchev–Trinajstić information content (AvgIpc) is 0.773. The van der Waals surface area contributed by atoms with Gasteiger partial charge in [0.2, 0.25) is 0 Å². The summed E-state index contributed by atoms with van der Waals surface area (Å²) in [5.74, 6) is 5.39. The van der Waals surface area contributed by atoms with Crippen molar-refractivity contribution >= 4 is 0 Å². The molecule has 0 spiro atoms. The van der Waals surface area contributed by atoms with Crippen molar-refractivity contribution in [3.05, 3.63) is 359 Å². The third-order valence-electron chi connectivity index (χ3n) is 26.1. The average molecular weight is 1550 g/mol. The van der Waals surface area contributed by atoms with Crippen molar-refractivity contribution in [2.45, 2.75) is 322 Å². The molecule has 10 aromatic rings. The summed E-state index contributed by atoms with van der Waals surface area (Å²) in [6, 6.07) is 109. The molecule has 0 fully saturated rings. The van der Waals surface area contributed by atoms with Crippen LogP contribution in [-0.2, 0) is 23.7 Å². The monoisotopic (exact) mass is 1550 g/mol. The summed E-state index contributed by atoms with van der Waals surface area (Å²) in [6.45, 7) is 50.9. The molecule has 0 aromatic heterocycles. The van der Waals surface area contributed by atoms with Crippen LogP contribution in [0.15, 0.2) is 303 Å². The smallest absolute Gasteiger partial charge is 0.0223 e. The van der Waals surface area contributed by atoms with Gasteiger partial charge in [-0.2, -0.15) is 0 Å². The Morgan fingerprint density at radius 1 is 0.278 bits per heavy atom. The predicted molar refractivity (Wildman–Crippen MR) is 516 cm³/mol. The van der Waals surface area contributed by atoms with Gasteiger partial charge in [-0.1, -0.05) is 546 Å². The first kappa shape index (κ1) is 101. The Bertz CT molecular complexity index is 3690. The van der Waals surface area contributed by atoms with Gasteiger partial charge in [-0.05, 0) is 158 Å². The maximum atomic E-state index is 2.44. The topological polar surface area (TPSA) is 0 Å². The summed E-state index contributed by atoms with van der Waals surface area (Å²) in [6.07, 6.45) is 26.9. The van der Waals surface area contributed by atoms with Gasteiger partial charge in [0.25, 0.3) is 0 Å². The quantitative estimate of drug-likeness (QED) is 0.0347. The molecule has 0 N–H and O–H groups in total. The first-order valence-corrected chi connectivity index (χ1v) is 46.0. The summed E-state index contributed by atoms with van der Waals surface area (Å²) in [4.78, 5) is 0. The molecule has 10 rings (SSSR count). The third kappa shape index (κ3) is 36.3. The Labute approximate surface area is 710 Å². The summed E-state index contributed by atoms with van der Waals surface area (Å²) in [5, 5.41) is 0. The van der Waals surface area contributed by atoms with Gasteiger partial charge < -0.3 is 0 Å². The number of rotatable bonds is 35. The van der Waals surface area contributed by atoms with Gasteiger partial charge in [-0.25, -0.2) is 0 Å². The number of unbranched alkanes of at least 4 members (excludes halogenated alkanes) is 5. The fourth-order valence-corrected chi connectivity index (χ4v) is 16.7. The minimum absolute atomic E-state index is 0.128. The second kappa shape index (κ2) is 59.0. The van der Waals surface area contributed by atoms with Gasteiger partial charge in [0.05, 0.1) is 0 Å². The Hall–Kier alpha value is -7.80. The fourth-order valence-electron chi connectivity index (χ4n) is 16.7. The van der Waals surface area contributed by atoms with Gasteiger partial charge >= 0.3 is 0 Å². The molecule has 0 saturated carbocycles.